The highest BCUT2D eigenvalue weighted by atomic mass is 15.3. The molecule has 0 bridgehead atoms. The molecule has 0 heterocycles. The average molecular weight is 117 g/mol. The number of nitrogens with zero attached hydrogens (tertiary/aromatic N) is 1. The molecule has 0 unspecified atom stereocenters. The summed E-state index contributed by atoms with van der Waals surface area (Å²) in [4.78, 5) is 3.69. The lowest BCUT2D eigenvalue weighted by atomic mass is 10.7. The summed E-state index contributed by atoms with van der Waals surface area (Å²) < 4.78 is 0. The van der Waals surface area contributed by atoms with Gasteiger partial charge in [-0.2, -0.15) is 0 Å². The van der Waals surface area contributed by atoms with Crippen LogP contribution in [0, 0.1) is 0 Å². The average Bonchev–Trinajstić information content (AvgIpc) is 1.83. The first-order valence-corrected chi connectivity index (χ1v) is 2.28. The Morgan fingerprint density at radius 2 is 2.25 bits per heavy atom. The Morgan fingerprint density at radius 3 is 2.62 bits per heavy atom. The SMILES string of the molecule is NCCN=C(N)NN. The molecule has 0 radical (unpaired) electrons. The van der Waals surface area contributed by atoms with Crippen LogP contribution in [-0.4, -0.2) is 19.0 Å². The van der Waals surface area contributed by atoms with Crippen molar-refractivity contribution in [3.63, 3.8) is 0 Å². The number of hydrazine groups is 1. The molecular weight excluding hydrogens is 106 g/mol. The number of hydrogen-bond acceptors (Lipinski definition) is 3. The zero-order chi connectivity index (χ0) is 6.41. The van der Waals surface area contributed by atoms with Gasteiger partial charge in [-0.1, -0.05) is 0 Å². The van der Waals surface area contributed by atoms with E-state index in [1.807, 2.05) is 0 Å². The molecule has 0 fully saturated rings. The Balaban J connectivity index is 3.26. The van der Waals surface area contributed by atoms with Crippen molar-refractivity contribution in [3.05, 3.63) is 0 Å². The fourth-order valence-electron chi connectivity index (χ4n) is 0.231. The summed E-state index contributed by atoms with van der Waals surface area (Å²) >= 11 is 0. The Kier molecular flexibility index (Phi) is 3.91. The standard InChI is InChI=1S/C3H11N5/c4-1-2-7-3(5)8-6/h1-2,4,6H2,(H3,5,7,8). The van der Waals surface area contributed by atoms with Crippen molar-refractivity contribution in [1.82, 2.24) is 5.43 Å². The smallest absolute Gasteiger partial charge is 0.203 e. The number of aliphatic imine (C=N–C) groups is 1. The molecule has 5 heteroatoms. The largest absolute Gasteiger partial charge is 0.369 e. The van der Waals surface area contributed by atoms with Crippen molar-refractivity contribution in [1.29, 1.82) is 0 Å². The predicted molar refractivity (Wildman–Crippen MR) is 32.9 cm³/mol. The summed E-state index contributed by atoms with van der Waals surface area (Å²) in [7, 11) is 0. The van der Waals surface area contributed by atoms with Crippen molar-refractivity contribution >= 4 is 5.96 Å². The van der Waals surface area contributed by atoms with Gasteiger partial charge in [-0.3, -0.25) is 10.4 Å². The zero-order valence-corrected chi connectivity index (χ0v) is 4.59. The molecule has 0 spiro atoms. The molecule has 0 aliphatic heterocycles. The van der Waals surface area contributed by atoms with E-state index in [0.717, 1.165) is 0 Å². The van der Waals surface area contributed by atoms with Gasteiger partial charge >= 0.3 is 0 Å². The quantitative estimate of drug-likeness (QED) is 0.142. The van der Waals surface area contributed by atoms with E-state index in [0.29, 0.717) is 13.1 Å². The highest BCUT2D eigenvalue weighted by molar-refractivity contribution is 5.77. The Hall–Kier alpha value is -0.810. The molecule has 48 valence electrons. The van der Waals surface area contributed by atoms with Crippen LogP contribution in [0.25, 0.3) is 0 Å². The Labute approximate surface area is 47.9 Å². The summed E-state index contributed by atoms with van der Waals surface area (Å²) in [6, 6.07) is 0. The van der Waals surface area contributed by atoms with E-state index >= 15 is 0 Å². The minimum absolute atomic E-state index is 0.218. The van der Waals surface area contributed by atoms with E-state index < -0.39 is 0 Å². The lowest BCUT2D eigenvalue weighted by Gasteiger charge is -1.94. The van der Waals surface area contributed by atoms with E-state index in [1.54, 1.807) is 0 Å². The number of hydrogen-bond donors (Lipinski definition) is 4. The van der Waals surface area contributed by atoms with Crippen molar-refractivity contribution in [3.8, 4) is 0 Å². The lowest BCUT2D eigenvalue weighted by Crippen LogP contribution is -2.37. The van der Waals surface area contributed by atoms with Gasteiger partial charge in [-0.05, 0) is 0 Å². The van der Waals surface area contributed by atoms with Crippen LogP contribution in [-0.2, 0) is 0 Å². The summed E-state index contributed by atoms with van der Waals surface area (Å²) in [6.45, 7) is 0.998. The van der Waals surface area contributed by atoms with Crippen LogP contribution in [0.3, 0.4) is 0 Å². The molecule has 0 aliphatic carbocycles. The van der Waals surface area contributed by atoms with Crippen LogP contribution < -0.4 is 22.7 Å². The molecule has 0 amide bonds. The van der Waals surface area contributed by atoms with Crippen LogP contribution in [0.2, 0.25) is 0 Å². The van der Waals surface area contributed by atoms with Crippen molar-refractivity contribution in [2.45, 2.75) is 0 Å². The number of nitrogens with two attached hydrogens (primary N) is 3. The van der Waals surface area contributed by atoms with Gasteiger partial charge < -0.3 is 11.5 Å². The van der Waals surface area contributed by atoms with E-state index in [1.165, 1.54) is 0 Å². The van der Waals surface area contributed by atoms with Crippen LogP contribution in [0.15, 0.2) is 4.99 Å². The molecule has 0 aromatic rings. The highest BCUT2D eigenvalue weighted by Crippen LogP contribution is 1.60. The summed E-state index contributed by atoms with van der Waals surface area (Å²) in [5.41, 5.74) is 12.4. The van der Waals surface area contributed by atoms with E-state index in [-0.39, 0.29) is 5.96 Å². The van der Waals surface area contributed by atoms with Gasteiger partial charge in [0.2, 0.25) is 5.96 Å². The Morgan fingerprint density at radius 1 is 1.62 bits per heavy atom. The fourth-order valence-corrected chi connectivity index (χ4v) is 0.231. The van der Waals surface area contributed by atoms with Gasteiger partial charge in [0.05, 0.1) is 6.54 Å². The van der Waals surface area contributed by atoms with Crippen molar-refractivity contribution < 1.29 is 0 Å². The third-order valence-electron chi connectivity index (χ3n) is 0.559. The first-order valence-electron chi connectivity index (χ1n) is 2.28. The van der Waals surface area contributed by atoms with Gasteiger partial charge in [0.1, 0.15) is 0 Å². The van der Waals surface area contributed by atoms with Gasteiger partial charge in [0, 0.05) is 6.54 Å². The minimum atomic E-state index is 0.218. The van der Waals surface area contributed by atoms with Crippen LogP contribution in [0.4, 0.5) is 0 Å². The molecule has 0 saturated carbocycles. The normalized spacial score (nSPS) is 11.5. The first-order chi connectivity index (χ1) is 3.81. The molecule has 0 rings (SSSR count). The van der Waals surface area contributed by atoms with E-state index in [2.05, 4.69) is 10.4 Å². The number of rotatable bonds is 2. The van der Waals surface area contributed by atoms with Gasteiger partial charge in [-0.15, -0.1) is 0 Å². The lowest BCUT2D eigenvalue weighted by molar-refractivity contribution is 0.929. The maximum absolute atomic E-state index is 5.12. The summed E-state index contributed by atoms with van der Waals surface area (Å²) in [5, 5.41) is 0. The highest BCUT2D eigenvalue weighted by Gasteiger charge is 1.79. The summed E-state index contributed by atoms with van der Waals surface area (Å²) in [5.74, 6) is 5.08. The van der Waals surface area contributed by atoms with Crippen LogP contribution in [0.5, 0.6) is 0 Å². The predicted octanol–water partition coefficient (Wildman–Crippen LogP) is -2.28. The second-order valence-electron chi connectivity index (χ2n) is 1.20. The van der Waals surface area contributed by atoms with Crippen molar-refractivity contribution in [2.75, 3.05) is 13.1 Å². The topological polar surface area (TPSA) is 102 Å². The van der Waals surface area contributed by atoms with E-state index in [9.17, 15) is 0 Å². The maximum atomic E-state index is 5.12. The fraction of sp³-hybridized carbons (Fsp3) is 0.667. The summed E-state index contributed by atoms with van der Waals surface area (Å²) in [6.07, 6.45) is 0. The first kappa shape index (κ1) is 7.19. The van der Waals surface area contributed by atoms with Gasteiger partial charge in [0.25, 0.3) is 0 Å². The maximum Gasteiger partial charge on any atom is 0.203 e. The van der Waals surface area contributed by atoms with Gasteiger partial charge in [-0.25, -0.2) is 5.84 Å². The molecule has 0 aliphatic rings. The molecule has 5 nitrogen and oxygen atoms in total. The molecule has 0 saturated heterocycles. The Bertz CT molecular complexity index is 77.7. The molecule has 0 aromatic carbocycles. The monoisotopic (exact) mass is 117 g/mol. The van der Waals surface area contributed by atoms with Gasteiger partial charge in [0.15, 0.2) is 0 Å². The molecule has 7 N–H and O–H groups in total. The number of nitrogens with one attached hydrogen (secondary N) is 1. The second kappa shape index (κ2) is 4.35. The zero-order valence-electron chi connectivity index (χ0n) is 4.59. The van der Waals surface area contributed by atoms with Crippen LogP contribution >= 0.6 is 0 Å². The van der Waals surface area contributed by atoms with Crippen molar-refractivity contribution in [2.24, 2.45) is 22.3 Å². The second-order valence-corrected chi connectivity index (χ2v) is 1.20. The van der Waals surface area contributed by atoms with Crippen LogP contribution in [0.1, 0.15) is 0 Å². The number of guanidine groups is 1. The molecule has 0 aromatic heterocycles. The molecular formula is C3H11N5. The third-order valence-corrected chi connectivity index (χ3v) is 0.559. The third kappa shape index (κ3) is 3.38. The molecule has 0 atom stereocenters. The minimum Gasteiger partial charge on any atom is -0.369 e. The van der Waals surface area contributed by atoms with E-state index in [4.69, 9.17) is 17.3 Å². The molecule has 8 heavy (non-hydrogen) atoms.